The number of fused-ring (bicyclic) bond motifs is 3. The fourth-order valence-electron chi connectivity index (χ4n) is 4.58. The van der Waals surface area contributed by atoms with E-state index >= 15 is 0 Å². The van der Waals surface area contributed by atoms with Crippen molar-refractivity contribution in [3.63, 3.8) is 0 Å². The molecule has 4 heterocycles. The molecule has 0 unspecified atom stereocenters. The third-order valence-corrected chi connectivity index (χ3v) is 6.05. The van der Waals surface area contributed by atoms with Crippen LogP contribution in [0.25, 0.3) is 10.9 Å². The molecule has 2 aliphatic rings. The number of piperazine rings is 1. The first-order chi connectivity index (χ1) is 15.2. The van der Waals surface area contributed by atoms with Gasteiger partial charge in [0.1, 0.15) is 5.75 Å². The van der Waals surface area contributed by atoms with Crippen molar-refractivity contribution in [1.82, 2.24) is 19.9 Å². The van der Waals surface area contributed by atoms with Crippen LogP contribution >= 0.6 is 0 Å². The molecule has 0 saturated carbocycles. The summed E-state index contributed by atoms with van der Waals surface area (Å²) in [5.74, 6) is 1.63. The molecule has 31 heavy (non-hydrogen) atoms. The monoisotopic (exact) mass is 420 g/mol. The summed E-state index contributed by atoms with van der Waals surface area (Å²) < 4.78 is 6.02. The van der Waals surface area contributed by atoms with Gasteiger partial charge in [0.15, 0.2) is 0 Å². The van der Waals surface area contributed by atoms with Crippen LogP contribution in [0.4, 0.5) is 11.6 Å². The van der Waals surface area contributed by atoms with E-state index in [2.05, 4.69) is 42.2 Å². The van der Waals surface area contributed by atoms with Crippen molar-refractivity contribution in [2.45, 2.75) is 26.3 Å². The Bertz CT molecular complexity index is 1120. The Labute approximate surface area is 181 Å². The number of hydrogen-bond donors (Lipinski definition) is 2. The highest BCUT2D eigenvalue weighted by Crippen LogP contribution is 2.36. The minimum atomic E-state index is 0.00535. The van der Waals surface area contributed by atoms with Crippen LogP contribution in [0.5, 0.6) is 5.75 Å². The number of ether oxygens (including phenoxy) is 1. The lowest BCUT2D eigenvalue weighted by Gasteiger charge is -2.34. The second-order valence-corrected chi connectivity index (χ2v) is 8.10. The number of anilines is 2. The van der Waals surface area contributed by atoms with Crippen molar-refractivity contribution < 1.29 is 4.74 Å². The fraction of sp³-hybridized carbons (Fsp3) is 0.435. The van der Waals surface area contributed by atoms with Crippen molar-refractivity contribution in [2.75, 3.05) is 49.5 Å². The molecule has 2 aliphatic heterocycles. The molecular weight excluding hydrogens is 392 g/mol. The molecule has 0 atom stereocenters. The zero-order chi connectivity index (χ0) is 21.2. The Morgan fingerprint density at radius 3 is 2.71 bits per heavy atom. The topological polar surface area (TPSA) is 86.4 Å². The van der Waals surface area contributed by atoms with Crippen LogP contribution in [0.3, 0.4) is 0 Å². The lowest BCUT2D eigenvalue weighted by Crippen LogP contribution is -2.46. The molecule has 162 valence electrons. The number of H-pyrrole nitrogens is 1. The van der Waals surface area contributed by atoms with Gasteiger partial charge < -0.3 is 19.9 Å². The highest BCUT2D eigenvalue weighted by atomic mass is 16.5. The van der Waals surface area contributed by atoms with Crippen molar-refractivity contribution >= 4 is 22.5 Å². The average molecular weight is 421 g/mol. The number of benzene rings is 1. The Kier molecular flexibility index (Phi) is 5.46. The Hall–Kier alpha value is -3.13. The van der Waals surface area contributed by atoms with E-state index in [9.17, 15) is 4.79 Å². The van der Waals surface area contributed by atoms with Gasteiger partial charge in [-0.25, -0.2) is 9.97 Å². The van der Waals surface area contributed by atoms with E-state index in [4.69, 9.17) is 4.74 Å². The number of nitrogens with zero attached hydrogens (tertiary/aromatic N) is 4. The lowest BCUT2D eigenvalue weighted by atomic mass is 9.99. The first kappa shape index (κ1) is 19.8. The van der Waals surface area contributed by atoms with E-state index in [0.29, 0.717) is 6.61 Å². The zero-order valence-corrected chi connectivity index (χ0v) is 17.9. The number of pyridine rings is 1. The van der Waals surface area contributed by atoms with Gasteiger partial charge in [-0.15, -0.1) is 0 Å². The van der Waals surface area contributed by atoms with Crippen molar-refractivity contribution in [3.05, 3.63) is 52.1 Å². The van der Waals surface area contributed by atoms with Crippen molar-refractivity contribution in [1.29, 1.82) is 0 Å². The van der Waals surface area contributed by atoms with Crippen molar-refractivity contribution in [3.8, 4) is 5.75 Å². The summed E-state index contributed by atoms with van der Waals surface area (Å²) in [4.78, 5) is 29.1. The van der Waals surface area contributed by atoms with Gasteiger partial charge in [-0.3, -0.25) is 9.69 Å². The van der Waals surface area contributed by atoms with Crippen molar-refractivity contribution in [2.24, 2.45) is 0 Å². The largest absolute Gasteiger partial charge is 0.493 e. The summed E-state index contributed by atoms with van der Waals surface area (Å²) in [5, 5.41) is 4.43. The molecule has 0 aliphatic carbocycles. The second kappa shape index (κ2) is 8.55. The van der Waals surface area contributed by atoms with Gasteiger partial charge in [-0.05, 0) is 43.5 Å². The summed E-state index contributed by atoms with van der Waals surface area (Å²) in [6.07, 6.45) is 5.35. The lowest BCUT2D eigenvalue weighted by molar-refractivity contribution is 0.248. The van der Waals surface area contributed by atoms with Crippen LogP contribution in [0, 0.1) is 0 Å². The SMILES string of the molecule is CCOc1cc(CN2CCN(c3ncccn3)CC2)cc2[nH]c(=O)c3c(c12)NCCC3. The van der Waals surface area contributed by atoms with Gasteiger partial charge >= 0.3 is 0 Å². The zero-order valence-electron chi connectivity index (χ0n) is 17.9. The van der Waals surface area contributed by atoms with Crippen LogP contribution in [-0.2, 0) is 13.0 Å². The van der Waals surface area contributed by atoms with Crippen LogP contribution in [0.2, 0.25) is 0 Å². The Morgan fingerprint density at radius 2 is 1.94 bits per heavy atom. The van der Waals surface area contributed by atoms with Gasteiger partial charge in [0.2, 0.25) is 5.95 Å². The van der Waals surface area contributed by atoms with Gasteiger partial charge in [-0.1, -0.05) is 0 Å². The average Bonchev–Trinajstić information content (AvgIpc) is 2.80. The molecule has 2 aromatic heterocycles. The molecule has 1 fully saturated rings. The predicted molar refractivity (Wildman–Crippen MR) is 122 cm³/mol. The summed E-state index contributed by atoms with van der Waals surface area (Å²) in [5.41, 5.74) is 3.77. The summed E-state index contributed by atoms with van der Waals surface area (Å²) in [6, 6.07) is 6.07. The van der Waals surface area contributed by atoms with Gasteiger partial charge in [0.05, 0.1) is 23.2 Å². The molecule has 5 rings (SSSR count). The molecule has 0 amide bonds. The Balaban J connectivity index is 1.40. The standard InChI is InChI=1S/C23H28N6O2/c1-2-31-19-14-16(13-18-20(19)21-17(22(30)27-18)5-3-6-24-21)15-28-9-11-29(12-10-28)23-25-7-4-8-26-23/h4,7-8,13-14,24H,2-3,5-6,9-12,15H2,1H3,(H,27,30). The summed E-state index contributed by atoms with van der Waals surface area (Å²) in [6.45, 7) is 7.93. The third-order valence-electron chi connectivity index (χ3n) is 6.05. The Morgan fingerprint density at radius 1 is 1.13 bits per heavy atom. The number of aromatic amines is 1. The fourth-order valence-corrected chi connectivity index (χ4v) is 4.58. The van der Waals surface area contributed by atoms with E-state index in [1.807, 2.05) is 13.0 Å². The molecule has 3 aromatic rings. The number of nitrogens with one attached hydrogen (secondary N) is 2. The number of aromatic nitrogens is 3. The summed E-state index contributed by atoms with van der Waals surface area (Å²) in [7, 11) is 0. The van der Waals surface area contributed by atoms with Crippen LogP contribution in [-0.4, -0.2) is 59.2 Å². The maximum absolute atomic E-state index is 12.7. The van der Waals surface area contributed by atoms with Crippen LogP contribution in [0.15, 0.2) is 35.4 Å². The molecule has 8 heteroatoms. The summed E-state index contributed by atoms with van der Waals surface area (Å²) >= 11 is 0. The maximum atomic E-state index is 12.7. The first-order valence-corrected chi connectivity index (χ1v) is 11.1. The second-order valence-electron chi connectivity index (χ2n) is 8.10. The van der Waals surface area contributed by atoms with E-state index in [1.165, 1.54) is 0 Å². The molecule has 0 radical (unpaired) electrons. The van der Waals surface area contributed by atoms with E-state index < -0.39 is 0 Å². The highest BCUT2D eigenvalue weighted by Gasteiger charge is 2.22. The first-order valence-electron chi connectivity index (χ1n) is 11.1. The highest BCUT2D eigenvalue weighted by molar-refractivity contribution is 5.98. The maximum Gasteiger partial charge on any atom is 0.253 e. The molecule has 0 bridgehead atoms. The number of rotatable bonds is 5. The molecular formula is C23H28N6O2. The van der Waals surface area contributed by atoms with E-state index in [0.717, 1.165) is 91.5 Å². The third kappa shape index (κ3) is 3.95. The van der Waals surface area contributed by atoms with Crippen LogP contribution in [0.1, 0.15) is 24.5 Å². The molecule has 1 aromatic carbocycles. The molecule has 2 N–H and O–H groups in total. The number of hydrogen-bond acceptors (Lipinski definition) is 7. The molecule has 0 spiro atoms. The predicted octanol–water partition coefficient (Wildman–Crippen LogP) is 2.40. The van der Waals surface area contributed by atoms with Gasteiger partial charge in [0.25, 0.3) is 5.56 Å². The van der Waals surface area contributed by atoms with E-state index in [1.54, 1.807) is 12.4 Å². The molecule has 8 nitrogen and oxygen atoms in total. The van der Waals surface area contributed by atoms with Gasteiger partial charge in [0, 0.05) is 57.2 Å². The minimum Gasteiger partial charge on any atom is -0.493 e. The normalized spacial score (nSPS) is 16.7. The quantitative estimate of drug-likeness (QED) is 0.655. The smallest absolute Gasteiger partial charge is 0.253 e. The van der Waals surface area contributed by atoms with E-state index in [-0.39, 0.29) is 5.56 Å². The molecule has 1 saturated heterocycles. The minimum absolute atomic E-state index is 0.00535. The van der Waals surface area contributed by atoms with Crippen LogP contribution < -0.4 is 20.5 Å². The van der Waals surface area contributed by atoms with Gasteiger partial charge in [-0.2, -0.15) is 0 Å².